The number of amides is 2. The lowest BCUT2D eigenvalue weighted by Crippen LogP contribution is -2.54. The highest BCUT2D eigenvalue weighted by molar-refractivity contribution is 7.92. The fourth-order valence-electron chi connectivity index (χ4n) is 3.63. The summed E-state index contributed by atoms with van der Waals surface area (Å²) < 4.78 is 26.7. The summed E-state index contributed by atoms with van der Waals surface area (Å²) in [6, 6.07) is 15.7. The first kappa shape index (κ1) is 27.4. The van der Waals surface area contributed by atoms with Gasteiger partial charge in [0.25, 0.3) is 0 Å². The van der Waals surface area contributed by atoms with Gasteiger partial charge in [-0.15, -0.1) is 0 Å². The third-order valence-electron chi connectivity index (χ3n) is 5.37. The van der Waals surface area contributed by atoms with Crippen LogP contribution < -0.4 is 9.62 Å². The quantitative estimate of drug-likeness (QED) is 0.581. The number of rotatable bonds is 9. The van der Waals surface area contributed by atoms with Crippen molar-refractivity contribution in [1.82, 2.24) is 10.2 Å². The van der Waals surface area contributed by atoms with Crippen molar-refractivity contribution in [2.75, 3.05) is 17.1 Å². The molecule has 0 aliphatic rings. The van der Waals surface area contributed by atoms with Crippen LogP contribution in [0, 0.1) is 0 Å². The molecule has 1 N–H and O–H groups in total. The Morgan fingerprint density at radius 1 is 0.941 bits per heavy atom. The molecule has 0 unspecified atom stereocenters. The summed E-state index contributed by atoms with van der Waals surface area (Å²) in [4.78, 5) is 28.0. The van der Waals surface area contributed by atoms with E-state index in [1.165, 1.54) is 4.90 Å². The normalized spacial score (nSPS) is 12.8. The Hall–Kier alpha value is -2.87. The summed E-state index contributed by atoms with van der Waals surface area (Å²) in [7, 11) is -3.76. The maximum atomic E-state index is 13.6. The van der Waals surface area contributed by atoms with Crippen LogP contribution in [0.15, 0.2) is 54.6 Å². The Morgan fingerprint density at radius 2 is 1.50 bits per heavy atom. The zero-order valence-corrected chi connectivity index (χ0v) is 22.0. The van der Waals surface area contributed by atoms with Crippen LogP contribution in [0.2, 0.25) is 0 Å². The van der Waals surface area contributed by atoms with E-state index in [-0.39, 0.29) is 18.4 Å². The molecule has 2 aromatic rings. The van der Waals surface area contributed by atoms with Crippen LogP contribution >= 0.6 is 0 Å². The fourth-order valence-corrected chi connectivity index (χ4v) is 4.50. The van der Waals surface area contributed by atoms with Crippen molar-refractivity contribution in [3.63, 3.8) is 0 Å². The van der Waals surface area contributed by atoms with Gasteiger partial charge in [0, 0.05) is 12.1 Å². The van der Waals surface area contributed by atoms with Gasteiger partial charge in [-0.2, -0.15) is 0 Å². The number of hydrogen-bond acceptors (Lipinski definition) is 4. The van der Waals surface area contributed by atoms with Crippen molar-refractivity contribution in [3.05, 3.63) is 65.7 Å². The van der Waals surface area contributed by atoms with Gasteiger partial charge in [0.05, 0.1) is 11.9 Å². The molecule has 0 heterocycles. The zero-order chi connectivity index (χ0) is 25.7. The van der Waals surface area contributed by atoms with E-state index < -0.39 is 34.1 Å². The molecule has 2 amide bonds. The molecule has 0 radical (unpaired) electrons. The highest BCUT2D eigenvalue weighted by Gasteiger charge is 2.32. The third-order valence-corrected chi connectivity index (χ3v) is 6.49. The van der Waals surface area contributed by atoms with Crippen molar-refractivity contribution in [1.29, 1.82) is 0 Å². The molecule has 0 saturated carbocycles. The van der Waals surface area contributed by atoms with Gasteiger partial charge in [-0.3, -0.25) is 13.9 Å². The van der Waals surface area contributed by atoms with Crippen molar-refractivity contribution >= 4 is 27.5 Å². The molecule has 8 heteroatoms. The lowest BCUT2D eigenvalue weighted by molar-refractivity contribution is -0.140. The highest BCUT2D eigenvalue weighted by Crippen LogP contribution is 2.29. The number of carbonyl (C=O) groups is 2. The first-order valence-electron chi connectivity index (χ1n) is 11.4. The maximum absolute atomic E-state index is 13.6. The minimum absolute atomic E-state index is 0.0625. The molecule has 0 fully saturated rings. The van der Waals surface area contributed by atoms with Crippen LogP contribution in [0.1, 0.15) is 58.6 Å². The molecule has 0 aliphatic carbocycles. The molecule has 0 bridgehead atoms. The van der Waals surface area contributed by atoms with E-state index in [9.17, 15) is 18.0 Å². The Balaban J connectivity index is 2.45. The number of benzene rings is 2. The third kappa shape index (κ3) is 7.58. The van der Waals surface area contributed by atoms with E-state index in [0.29, 0.717) is 5.69 Å². The summed E-state index contributed by atoms with van der Waals surface area (Å²) >= 11 is 0. The van der Waals surface area contributed by atoms with Gasteiger partial charge in [0.2, 0.25) is 21.8 Å². The fraction of sp³-hybridized carbons (Fsp3) is 0.462. The monoisotopic (exact) mass is 487 g/mol. The van der Waals surface area contributed by atoms with Gasteiger partial charge in [-0.25, -0.2) is 8.42 Å². The molecular formula is C26H37N3O4S. The summed E-state index contributed by atoms with van der Waals surface area (Å²) in [5.74, 6) is -0.692. The number of nitrogens with one attached hydrogen (secondary N) is 1. The van der Waals surface area contributed by atoms with Crippen LogP contribution in [-0.2, 0) is 26.2 Å². The largest absolute Gasteiger partial charge is 0.350 e. The van der Waals surface area contributed by atoms with Crippen molar-refractivity contribution < 1.29 is 18.0 Å². The van der Waals surface area contributed by atoms with Crippen LogP contribution in [-0.4, -0.2) is 49.5 Å². The number of carbonyl (C=O) groups excluding carboxylic acids is 2. The van der Waals surface area contributed by atoms with Crippen LogP contribution in [0.25, 0.3) is 0 Å². The predicted octanol–water partition coefficient (Wildman–Crippen LogP) is 3.91. The Morgan fingerprint density at radius 3 is 2.03 bits per heavy atom. The van der Waals surface area contributed by atoms with E-state index in [0.717, 1.165) is 21.7 Å². The van der Waals surface area contributed by atoms with E-state index in [1.807, 2.05) is 77.1 Å². The van der Waals surface area contributed by atoms with Gasteiger partial charge in [0.1, 0.15) is 12.6 Å². The van der Waals surface area contributed by atoms with Gasteiger partial charge in [-0.05, 0) is 50.8 Å². The van der Waals surface area contributed by atoms with Crippen molar-refractivity contribution in [3.8, 4) is 0 Å². The number of anilines is 1. The van der Waals surface area contributed by atoms with Gasteiger partial charge < -0.3 is 10.2 Å². The molecule has 186 valence electrons. The van der Waals surface area contributed by atoms with Crippen molar-refractivity contribution in [2.45, 2.75) is 65.6 Å². The summed E-state index contributed by atoms with van der Waals surface area (Å²) in [5, 5.41) is 2.91. The number of hydrogen-bond donors (Lipinski definition) is 1. The van der Waals surface area contributed by atoms with E-state index >= 15 is 0 Å². The lowest BCUT2D eigenvalue weighted by atomic mass is 10.0. The summed E-state index contributed by atoms with van der Waals surface area (Å²) in [5.41, 5.74) is 1.68. The minimum atomic E-state index is -3.76. The van der Waals surface area contributed by atoms with Gasteiger partial charge in [-0.1, -0.05) is 62.4 Å². The molecule has 0 aliphatic heterocycles. The Bertz CT molecular complexity index is 1090. The molecule has 1 atom stereocenters. The van der Waals surface area contributed by atoms with Gasteiger partial charge >= 0.3 is 0 Å². The Kier molecular flexibility index (Phi) is 8.89. The number of para-hydroxylation sites is 1. The topological polar surface area (TPSA) is 86.8 Å². The summed E-state index contributed by atoms with van der Waals surface area (Å²) in [6.45, 7) is 11.0. The zero-order valence-electron chi connectivity index (χ0n) is 21.2. The minimum Gasteiger partial charge on any atom is -0.350 e. The molecule has 2 rings (SSSR count). The molecule has 0 spiro atoms. The highest BCUT2D eigenvalue weighted by atomic mass is 32.2. The Labute approximate surface area is 204 Å². The second kappa shape index (κ2) is 11.0. The van der Waals surface area contributed by atoms with Crippen LogP contribution in [0.3, 0.4) is 0 Å². The second-order valence-corrected chi connectivity index (χ2v) is 11.8. The standard InChI is InChI=1S/C26H37N3O4S/c1-19(2)22-15-11-12-16-23(22)29(34(7,32)33)18-24(30)28(17-21-13-9-8-10-14-21)20(3)25(31)27-26(4,5)6/h8-16,19-20H,17-18H2,1-7H3,(H,27,31)/t20-/m1/s1. The first-order chi connectivity index (χ1) is 15.7. The van der Waals surface area contributed by atoms with E-state index in [2.05, 4.69) is 5.32 Å². The maximum Gasteiger partial charge on any atom is 0.244 e. The van der Waals surface area contributed by atoms with E-state index in [4.69, 9.17) is 0 Å². The average molecular weight is 488 g/mol. The molecule has 0 saturated heterocycles. The number of nitrogens with zero attached hydrogens (tertiary/aromatic N) is 2. The summed E-state index contributed by atoms with van der Waals surface area (Å²) in [6.07, 6.45) is 1.09. The molecule has 0 aromatic heterocycles. The van der Waals surface area contributed by atoms with Crippen molar-refractivity contribution in [2.24, 2.45) is 0 Å². The second-order valence-electron chi connectivity index (χ2n) is 9.91. The molecular weight excluding hydrogens is 450 g/mol. The molecule has 34 heavy (non-hydrogen) atoms. The number of sulfonamides is 1. The first-order valence-corrected chi connectivity index (χ1v) is 13.3. The average Bonchev–Trinajstić information content (AvgIpc) is 2.74. The van der Waals surface area contributed by atoms with E-state index in [1.54, 1.807) is 19.1 Å². The molecule has 7 nitrogen and oxygen atoms in total. The SMILES string of the molecule is CC(C)c1ccccc1N(CC(=O)N(Cc1ccccc1)[C@H](C)C(=O)NC(C)(C)C)S(C)(=O)=O. The van der Waals surface area contributed by atoms with Crippen LogP contribution in [0.5, 0.6) is 0 Å². The lowest BCUT2D eigenvalue weighted by Gasteiger charge is -2.33. The van der Waals surface area contributed by atoms with Gasteiger partial charge in [0.15, 0.2) is 0 Å². The predicted molar refractivity (Wildman–Crippen MR) is 137 cm³/mol. The smallest absolute Gasteiger partial charge is 0.244 e. The van der Waals surface area contributed by atoms with Crippen LogP contribution in [0.4, 0.5) is 5.69 Å². The molecule has 2 aromatic carbocycles.